The molecule has 0 atom stereocenters. The van der Waals surface area contributed by atoms with Gasteiger partial charge in [0.2, 0.25) is 5.91 Å². The number of sulfonamides is 1. The van der Waals surface area contributed by atoms with Crippen molar-refractivity contribution in [2.45, 2.75) is 37.1 Å². The predicted molar refractivity (Wildman–Crippen MR) is 129 cm³/mol. The molecule has 0 radical (unpaired) electrons. The van der Waals surface area contributed by atoms with Gasteiger partial charge in [-0.1, -0.05) is 11.3 Å². The van der Waals surface area contributed by atoms with E-state index >= 15 is 0 Å². The molecule has 5 rings (SSSR count). The van der Waals surface area contributed by atoms with Crippen LogP contribution < -0.4 is 19.1 Å². The average molecular weight is 504 g/mol. The number of ether oxygens (including phenoxy) is 2. The first-order valence-corrected chi connectivity index (χ1v) is 13.5. The molecule has 3 heterocycles. The third-order valence-electron chi connectivity index (χ3n) is 6.00. The van der Waals surface area contributed by atoms with Gasteiger partial charge in [0.05, 0.1) is 20.8 Å². The van der Waals surface area contributed by atoms with E-state index in [9.17, 15) is 18.0 Å². The van der Waals surface area contributed by atoms with E-state index in [0.717, 1.165) is 43.7 Å². The van der Waals surface area contributed by atoms with Gasteiger partial charge in [0.1, 0.15) is 13.2 Å². The molecule has 1 N–H and O–H groups in total. The van der Waals surface area contributed by atoms with Gasteiger partial charge in [-0.05, 0) is 49.6 Å². The fraction of sp³-hybridized carbons (Fsp3) is 0.391. The number of anilines is 1. The van der Waals surface area contributed by atoms with Gasteiger partial charge in [-0.25, -0.2) is 8.42 Å². The Morgan fingerprint density at radius 2 is 1.76 bits per heavy atom. The number of likely N-dealkylation sites (tertiary alicyclic amines) is 1. The Bertz CT molecular complexity index is 1390. The van der Waals surface area contributed by atoms with E-state index in [2.05, 4.69) is 4.72 Å². The van der Waals surface area contributed by atoms with Crippen LogP contribution in [0.4, 0.5) is 5.69 Å². The number of fused-ring (bicyclic) bond motifs is 2. The zero-order valence-corrected chi connectivity index (χ0v) is 20.1. The van der Waals surface area contributed by atoms with Gasteiger partial charge in [0.15, 0.2) is 11.5 Å². The molecule has 180 valence electrons. The van der Waals surface area contributed by atoms with Crippen LogP contribution in [0, 0.1) is 0 Å². The SMILES string of the molecule is O=C(CCn1c(=O)sc2cc(S(=O)(=O)Nc3ccc4c(c3)OCCO4)ccc21)N1CCCCC1. The number of aryl methyl sites for hydroxylation is 1. The van der Waals surface area contributed by atoms with Gasteiger partial charge < -0.3 is 14.4 Å². The molecule has 0 saturated carbocycles. The maximum absolute atomic E-state index is 13.0. The molecule has 34 heavy (non-hydrogen) atoms. The van der Waals surface area contributed by atoms with Crippen molar-refractivity contribution in [3.05, 3.63) is 46.1 Å². The minimum absolute atomic E-state index is 0.0488. The topological polar surface area (TPSA) is 107 Å². The first-order valence-electron chi connectivity index (χ1n) is 11.2. The maximum atomic E-state index is 13.0. The maximum Gasteiger partial charge on any atom is 0.308 e. The number of nitrogens with one attached hydrogen (secondary N) is 1. The normalized spacial score (nSPS) is 15.9. The number of hydrogen-bond donors (Lipinski definition) is 1. The third kappa shape index (κ3) is 4.62. The number of piperidine rings is 1. The Morgan fingerprint density at radius 3 is 2.56 bits per heavy atom. The molecule has 2 aliphatic heterocycles. The third-order valence-corrected chi connectivity index (χ3v) is 8.32. The highest BCUT2D eigenvalue weighted by Gasteiger charge is 2.20. The van der Waals surface area contributed by atoms with Crippen LogP contribution in [0.2, 0.25) is 0 Å². The monoisotopic (exact) mass is 503 g/mol. The summed E-state index contributed by atoms with van der Waals surface area (Å²) in [5, 5.41) is 0. The van der Waals surface area contributed by atoms with Crippen LogP contribution in [0.15, 0.2) is 46.1 Å². The lowest BCUT2D eigenvalue weighted by Crippen LogP contribution is -2.36. The highest BCUT2D eigenvalue weighted by atomic mass is 32.2. The van der Waals surface area contributed by atoms with Crippen molar-refractivity contribution < 1.29 is 22.7 Å². The molecule has 0 spiro atoms. The molecular formula is C23H25N3O6S2. The Hall–Kier alpha value is -3.05. The number of hydrogen-bond acceptors (Lipinski definition) is 7. The van der Waals surface area contributed by atoms with Gasteiger partial charge in [-0.2, -0.15) is 0 Å². The molecule has 0 bridgehead atoms. The molecule has 2 aromatic carbocycles. The molecule has 9 nitrogen and oxygen atoms in total. The minimum Gasteiger partial charge on any atom is -0.486 e. The average Bonchev–Trinajstić information content (AvgIpc) is 3.16. The summed E-state index contributed by atoms with van der Waals surface area (Å²) in [7, 11) is -3.89. The van der Waals surface area contributed by atoms with Gasteiger partial charge in [-0.3, -0.25) is 18.9 Å². The highest BCUT2D eigenvalue weighted by Crippen LogP contribution is 2.33. The molecule has 11 heteroatoms. The Labute approximate surface area is 200 Å². The van der Waals surface area contributed by atoms with Gasteiger partial charge in [0, 0.05) is 32.1 Å². The van der Waals surface area contributed by atoms with Crippen molar-refractivity contribution in [2.24, 2.45) is 0 Å². The lowest BCUT2D eigenvalue weighted by atomic mass is 10.1. The van der Waals surface area contributed by atoms with Crippen LogP contribution in [0.25, 0.3) is 10.2 Å². The summed E-state index contributed by atoms with van der Waals surface area (Å²) < 4.78 is 41.6. The number of benzene rings is 2. The molecular weight excluding hydrogens is 478 g/mol. The molecule has 1 amide bonds. The van der Waals surface area contributed by atoms with Gasteiger partial charge in [0.25, 0.3) is 10.0 Å². The van der Waals surface area contributed by atoms with Crippen LogP contribution >= 0.6 is 11.3 Å². The number of thiazole rings is 1. The summed E-state index contributed by atoms with van der Waals surface area (Å²) in [4.78, 5) is 26.8. The van der Waals surface area contributed by atoms with Crippen LogP contribution in [0.3, 0.4) is 0 Å². The summed E-state index contributed by atoms with van der Waals surface area (Å²) in [6, 6.07) is 9.43. The zero-order chi connectivity index (χ0) is 23.7. The summed E-state index contributed by atoms with van der Waals surface area (Å²) in [5.41, 5.74) is 0.978. The van der Waals surface area contributed by atoms with Crippen molar-refractivity contribution in [1.82, 2.24) is 9.47 Å². The van der Waals surface area contributed by atoms with Crippen LogP contribution in [-0.2, 0) is 21.4 Å². The lowest BCUT2D eigenvalue weighted by Gasteiger charge is -2.26. The standard InChI is InChI=1S/C23H25N3O6S2/c27-22(25-9-2-1-3-10-25)8-11-26-18-6-5-17(15-21(18)33-23(26)28)34(29,30)24-16-4-7-19-20(14-16)32-13-12-31-19/h4-7,14-15,24H,1-3,8-13H2. The van der Waals surface area contributed by atoms with E-state index in [4.69, 9.17) is 9.47 Å². The second-order valence-corrected chi connectivity index (χ2v) is 11.0. The quantitative estimate of drug-likeness (QED) is 0.554. The van der Waals surface area contributed by atoms with E-state index < -0.39 is 10.0 Å². The molecule has 1 aromatic heterocycles. The van der Waals surface area contributed by atoms with Gasteiger partial charge in [-0.15, -0.1) is 0 Å². The van der Waals surface area contributed by atoms with Crippen molar-refractivity contribution in [3.8, 4) is 11.5 Å². The summed E-state index contributed by atoms with van der Waals surface area (Å²) in [6.45, 7) is 2.67. The summed E-state index contributed by atoms with van der Waals surface area (Å²) >= 11 is 0.975. The number of aromatic nitrogens is 1. The van der Waals surface area contributed by atoms with E-state index in [0.29, 0.717) is 40.6 Å². The second kappa shape index (κ2) is 9.30. The number of nitrogens with zero attached hydrogens (tertiary/aromatic N) is 2. The zero-order valence-electron chi connectivity index (χ0n) is 18.5. The molecule has 1 fully saturated rings. The lowest BCUT2D eigenvalue weighted by molar-refractivity contribution is -0.132. The van der Waals surface area contributed by atoms with E-state index in [1.165, 1.54) is 12.1 Å². The first-order chi connectivity index (χ1) is 16.4. The summed E-state index contributed by atoms with van der Waals surface area (Å²) in [5.74, 6) is 1.10. The van der Waals surface area contributed by atoms with Crippen LogP contribution in [-0.4, -0.2) is 50.1 Å². The van der Waals surface area contributed by atoms with Crippen LogP contribution in [0.1, 0.15) is 25.7 Å². The minimum atomic E-state index is -3.89. The van der Waals surface area contributed by atoms with E-state index in [1.54, 1.807) is 28.8 Å². The molecule has 0 unspecified atom stereocenters. The smallest absolute Gasteiger partial charge is 0.308 e. The number of amides is 1. The molecule has 2 aliphatic rings. The fourth-order valence-corrected chi connectivity index (χ4v) is 6.36. The van der Waals surface area contributed by atoms with Crippen molar-refractivity contribution in [1.29, 1.82) is 0 Å². The molecule has 0 aliphatic carbocycles. The Morgan fingerprint density at radius 1 is 1.00 bits per heavy atom. The van der Waals surface area contributed by atoms with Crippen molar-refractivity contribution in [2.75, 3.05) is 31.0 Å². The van der Waals surface area contributed by atoms with Crippen LogP contribution in [0.5, 0.6) is 11.5 Å². The second-order valence-electron chi connectivity index (χ2n) is 8.30. The summed E-state index contributed by atoms with van der Waals surface area (Å²) in [6.07, 6.45) is 3.43. The van der Waals surface area contributed by atoms with Gasteiger partial charge >= 0.3 is 4.87 Å². The largest absolute Gasteiger partial charge is 0.486 e. The number of carbonyl (C=O) groups excluding carboxylic acids is 1. The van der Waals surface area contributed by atoms with E-state index in [-0.39, 0.29) is 28.6 Å². The Balaban J connectivity index is 1.33. The highest BCUT2D eigenvalue weighted by molar-refractivity contribution is 7.92. The fourth-order valence-electron chi connectivity index (χ4n) is 4.26. The number of rotatable bonds is 6. The predicted octanol–water partition coefficient (Wildman–Crippen LogP) is 3.04. The Kier molecular flexibility index (Phi) is 6.22. The molecule has 3 aromatic rings. The number of carbonyl (C=O) groups is 1. The van der Waals surface area contributed by atoms with E-state index in [1.807, 2.05) is 4.90 Å². The molecule has 1 saturated heterocycles. The first kappa shape index (κ1) is 22.7. The van der Waals surface area contributed by atoms with Crippen molar-refractivity contribution >= 4 is 43.2 Å². The van der Waals surface area contributed by atoms with Crippen molar-refractivity contribution in [3.63, 3.8) is 0 Å².